The second-order valence-corrected chi connectivity index (χ2v) is 5.86. The van der Waals surface area contributed by atoms with Gasteiger partial charge < -0.3 is 10.2 Å². The Morgan fingerprint density at radius 1 is 1.32 bits per heavy atom. The summed E-state index contributed by atoms with van der Waals surface area (Å²) in [5.74, 6) is 0.788. The van der Waals surface area contributed by atoms with E-state index >= 15 is 0 Å². The molecule has 0 spiro atoms. The highest BCUT2D eigenvalue weighted by molar-refractivity contribution is 5.56. The molecule has 2 rings (SSSR count). The Bertz CT molecular complexity index is 398. The SMILES string of the molecule is CCC(NC)c1ccccc1N1CCCC(C)C1C. The van der Waals surface area contributed by atoms with Crippen molar-refractivity contribution in [1.82, 2.24) is 5.32 Å². The number of rotatable bonds is 4. The zero-order chi connectivity index (χ0) is 13.8. The summed E-state index contributed by atoms with van der Waals surface area (Å²) in [7, 11) is 2.06. The maximum atomic E-state index is 3.45. The minimum Gasteiger partial charge on any atom is -0.368 e. The predicted molar refractivity (Wildman–Crippen MR) is 83.7 cm³/mol. The fourth-order valence-electron chi connectivity index (χ4n) is 3.30. The summed E-state index contributed by atoms with van der Waals surface area (Å²) in [6.45, 7) is 8.21. The summed E-state index contributed by atoms with van der Waals surface area (Å²) in [6.07, 6.45) is 3.81. The third-order valence-corrected chi connectivity index (χ3v) is 4.75. The molecule has 2 nitrogen and oxygen atoms in total. The summed E-state index contributed by atoms with van der Waals surface area (Å²) in [5.41, 5.74) is 2.89. The number of nitrogens with one attached hydrogen (secondary N) is 1. The van der Waals surface area contributed by atoms with Crippen LogP contribution >= 0.6 is 0 Å². The van der Waals surface area contributed by atoms with Gasteiger partial charge in [-0.2, -0.15) is 0 Å². The molecule has 0 radical (unpaired) electrons. The zero-order valence-electron chi connectivity index (χ0n) is 12.8. The van der Waals surface area contributed by atoms with Crippen molar-refractivity contribution in [3.8, 4) is 0 Å². The monoisotopic (exact) mass is 260 g/mol. The molecule has 2 heteroatoms. The zero-order valence-corrected chi connectivity index (χ0v) is 12.8. The fourth-order valence-corrected chi connectivity index (χ4v) is 3.30. The van der Waals surface area contributed by atoms with E-state index in [0.717, 1.165) is 12.3 Å². The molecule has 19 heavy (non-hydrogen) atoms. The van der Waals surface area contributed by atoms with Gasteiger partial charge in [0.1, 0.15) is 0 Å². The number of nitrogens with zero attached hydrogens (tertiary/aromatic N) is 1. The summed E-state index contributed by atoms with van der Waals surface area (Å²) in [5, 5.41) is 3.45. The van der Waals surface area contributed by atoms with E-state index in [1.54, 1.807) is 0 Å². The standard InChI is InChI=1S/C17H28N2/c1-5-16(18-4)15-10-6-7-11-17(15)19-12-8-9-13(2)14(19)3/h6-7,10-11,13-14,16,18H,5,8-9,12H2,1-4H3. The van der Waals surface area contributed by atoms with Crippen LogP contribution in [-0.4, -0.2) is 19.6 Å². The molecule has 106 valence electrons. The van der Waals surface area contributed by atoms with Gasteiger partial charge in [-0.1, -0.05) is 32.0 Å². The largest absolute Gasteiger partial charge is 0.368 e. The second-order valence-electron chi connectivity index (χ2n) is 5.86. The third kappa shape index (κ3) is 2.94. The van der Waals surface area contributed by atoms with Crippen molar-refractivity contribution < 1.29 is 0 Å². The Morgan fingerprint density at radius 2 is 2.05 bits per heavy atom. The van der Waals surface area contributed by atoms with Crippen molar-refractivity contribution >= 4 is 5.69 Å². The second kappa shape index (κ2) is 6.42. The molecule has 1 N–H and O–H groups in total. The first kappa shape index (κ1) is 14.4. The van der Waals surface area contributed by atoms with Crippen LogP contribution in [0.3, 0.4) is 0 Å². The molecular formula is C17H28N2. The smallest absolute Gasteiger partial charge is 0.0417 e. The van der Waals surface area contributed by atoms with Gasteiger partial charge in [-0.05, 0) is 50.8 Å². The number of benzene rings is 1. The van der Waals surface area contributed by atoms with Crippen molar-refractivity contribution in [2.75, 3.05) is 18.5 Å². The van der Waals surface area contributed by atoms with E-state index in [9.17, 15) is 0 Å². The number of para-hydroxylation sites is 1. The molecule has 0 aliphatic carbocycles. The lowest BCUT2D eigenvalue weighted by Crippen LogP contribution is -2.43. The molecule has 1 aromatic rings. The van der Waals surface area contributed by atoms with Gasteiger partial charge in [0.2, 0.25) is 0 Å². The molecule has 1 fully saturated rings. The average molecular weight is 260 g/mol. The minimum atomic E-state index is 0.459. The van der Waals surface area contributed by atoms with Gasteiger partial charge in [0.05, 0.1) is 0 Å². The average Bonchev–Trinajstić information content (AvgIpc) is 2.44. The number of hydrogen-bond acceptors (Lipinski definition) is 2. The number of piperidine rings is 1. The van der Waals surface area contributed by atoms with Gasteiger partial charge in [0.15, 0.2) is 0 Å². The summed E-state index contributed by atoms with van der Waals surface area (Å²) >= 11 is 0. The quantitative estimate of drug-likeness (QED) is 0.881. The number of hydrogen-bond donors (Lipinski definition) is 1. The molecule has 3 atom stereocenters. The number of anilines is 1. The summed E-state index contributed by atoms with van der Waals surface area (Å²) in [6, 6.07) is 10.0. The van der Waals surface area contributed by atoms with Crippen LogP contribution in [0, 0.1) is 5.92 Å². The van der Waals surface area contributed by atoms with Gasteiger partial charge in [0.25, 0.3) is 0 Å². The highest BCUT2D eigenvalue weighted by Gasteiger charge is 2.27. The Labute approximate surface area is 118 Å². The molecule has 1 aliphatic rings. The van der Waals surface area contributed by atoms with Crippen molar-refractivity contribution in [1.29, 1.82) is 0 Å². The Kier molecular flexibility index (Phi) is 4.87. The minimum absolute atomic E-state index is 0.459. The van der Waals surface area contributed by atoms with E-state index < -0.39 is 0 Å². The Hall–Kier alpha value is -1.02. The van der Waals surface area contributed by atoms with Crippen molar-refractivity contribution in [3.05, 3.63) is 29.8 Å². The van der Waals surface area contributed by atoms with E-state index in [4.69, 9.17) is 0 Å². The van der Waals surface area contributed by atoms with E-state index in [-0.39, 0.29) is 0 Å². The molecular weight excluding hydrogens is 232 g/mol. The summed E-state index contributed by atoms with van der Waals surface area (Å²) in [4.78, 5) is 2.61. The van der Waals surface area contributed by atoms with Crippen LogP contribution in [-0.2, 0) is 0 Å². The molecule has 1 aliphatic heterocycles. The normalized spacial score (nSPS) is 25.4. The van der Waals surface area contributed by atoms with E-state index in [1.165, 1.54) is 30.6 Å². The van der Waals surface area contributed by atoms with Gasteiger partial charge in [-0.25, -0.2) is 0 Å². The highest BCUT2D eigenvalue weighted by atomic mass is 15.2. The van der Waals surface area contributed by atoms with Crippen LogP contribution in [0.25, 0.3) is 0 Å². The van der Waals surface area contributed by atoms with E-state index in [2.05, 4.69) is 62.3 Å². The molecule has 3 unspecified atom stereocenters. The van der Waals surface area contributed by atoms with Gasteiger partial charge >= 0.3 is 0 Å². The molecule has 1 aromatic carbocycles. The van der Waals surface area contributed by atoms with Crippen LogP contribution in [0.4, 0.5) is 5.69 Å². The summed E-state index contributed by atoms with van der Waals surface area (Å²) < 4.78 is 0. The topological polar surface area (TPSA) is 15.3 Å². The lowest BCUT2D eigenvalue weighted by Gasteiger charge is -2.41. The maximum Gasteiger partial charge on any atom is 0.0417 e. The molecule has 0 amide bonds. The Balaban J connectivity index is 2.33. The van der Waals surface area contributed by atoms with Gasteiger partial charge in [-0.15, -0.1) is 0 Å². The maximum absolute atomic E-state index is 3.45. The Morgan fingerprint density at radius 3 is 2.74 bits per heavy atom. The lowest BCUT2D eigenvalue weighted by atomic mass is 9.90. The molecule has 1 saturated heterocycles. The first-order chi connectivity index (χ1) is 9.19. The van der Waals surface area contributed by atoms with E-state index in [1.807, 2.05) is 0 Å². The molecule has 1 heterocycles. The van der Waals surface area contributed by atoms with Crippen LogP contribution in [0.15, 0.2) is 24.3 Å². The third-order valence-electron chi connectivity index (χ3n) is 4.75. The van der Waals surface area contributed by atoms with Gasteiger partial charge in [-0.3, -0.25) is 0 Å². The molecule has 0 saturated carbocycles. The fraction of sp³-hybridized carbons (Fsp3) is 0.647. The van der Waals surface area contributed by atoms with Crippen LogP contribution in [0.2, 0.25) is 0 Å². The molecule has 0 bridgehead atoms. The lowest BCUT2D eigenvalue weighted by molar-refractivity contribution is 0.362. The highest BCUT2D eigenvalue weighted by Crippen LogP contribution is 2.34. The predicted octanol–water partition coefficient (Wildman–Crippen LogP) is 3.98. The van der Waals surface area contributed by atoms with Crippen molar-refractivity contribution in [2.24, 2.45) is 5.92 Å². The van der Waals surface area contributed by atoms with Crippen LogP contribution in [0.5, 0.6) is 0 Å². The van der Waals surface area contributed by atoms with Gasteiger partial charge in [0, 0.05) is 24.3 Å². The van der Waals surface area contributed by atoms with Crippen LogP contribution in [0.1, 0.15) is 51.6 Å². The first-order valence-corrected chi connectivity index (χ1v) is 7.71. The molecule has 0 aromatic heterocycles. The van der Waals surface area contributed by atoms with E-state index in [0.29, 0.717) is 12.1 Å². The van der Waals surface area contributed by atoms with Crippen LogP contribution < -0.4 is 10.2 Å². The van der Waals surface area contributed by atoms with Crippen molar-refractivity contribution in [2.45, 2.75) is 52.1 Å². The first-order valence-electron chi connectivity index (χ1n) is 7.71. The van der Waals surface area contributed by atoms with Crippen molar-refractivity contribution in [3.63, 3.8) is 0 Å².